The second-order valence-electron chi connectivity index (χ2n) is 5.15. The summed E-state index contributed by atoms with van der Waals surface area (Å²) in [5.41, 5.74) is 0.627. The Hall–Kier alpha value is -2.76. The third kappa shape index (κ3) is 4.62. The van der Waals surface area contributed by atoms with Crippen molar-refractivity contribution in [2.45, 2.75) is 19.3 Å². The van der Waals surface area contributed by atoms with Crippen LogP contribution in [0.5, 0.6) is 0 Å². The first-order valence-electron chi connectivity index (χ1n) is 7.47. The zero-order valence-electron chi connectivity index (χ0n) is 13.1. The monoisotopic (exact) mass is 333 g/mol. The summed E-state index contributed by atoms with van der Waals surface area (Å²) in [6.45, 7) is 1.30. The van der Waals surface area contributed by atoms with Crippen molar-refractivity contribution in [2.75, 3.05) is 11.9 Å². The Morgan fingerprint density at radius 1 is 1.12 bits per heavy atom. The van der Waals surface area contributed by atoms with Crippen molar-refractivity contribution in [3.8, 4) is 0 Å². The number of halogens is 2. The molecule has 4 nitrogen and oxygen atoms in total. The van der Waals surface area contributed by atoms with Crippen LogP contribution in [0.2, 0.25) is 0 Å². The van der Waals surface area contributed by atoms with Crippen molar-refractivity contribution in [3.05, 3.63) is 65.7 Å². The van der Waals surface area contributed by atoms with Crippen LogP contribution >= 0.6 is 0 Å². The second-order valence-corrected chi connectivity index (χ2v) is 5.15. The van der Waals surface area contributed by atoms with Crippen molar-refractivity contribution in [1.29, 1.82) is 0 Å². The first kappa shape index (κ1) is 17.6. The highest BCUT2D eigenvalue weighted by molar-refractivity contribution is 5.93. The molecule has 1 amide bonds. The molecule has 0 unspecified atom stereocenters. The molecule has 126 valence electrons. The molecule has 2 aromatic carbocycles. The lowest BCUT2D eigenvalue weighted by atomic mass is 9.97. The van der Waals surface area contributed by atoms with Gasteiger partial charge in [0.2, 0.25) is 0 Å². The van der Waals surface area contributed by atoms with E-state index in [1.165, 1.54) is 0 Å². The van der Waals surface area contributed by atoms with Crippen LogP contribution in [0.15, 0.2) is 48.5 Å². The van der Waals surface area contributed by atoms with Gasteiger partial charge in [-0.1, -0.05) is 37.3 Å². The van der Waals surface area contributed by atoms with Crippen molar-refractivity contribution >= 4 is 17.6 Å². The molecule has 0 bridgehead atoms. The predicted octanol–water partition coefficient (Wildman–Crippen LogP) is 3.64. The van der Waals surface area contributed by atoms with Gasteiger partial charge in [0.05, 0.1) is 11.6 Å². The maximum absolute atomic E-state index is 13.5. The molecule has 0 aliphatic carbocycles. The molecule has 0 spiro atoms. The van der Waals surface area contributed by atoms with Gasteiger partial charge in [0, 0.05) is 6.07 Å². The van der Waals surface area contributed by atoms with Crippen molar-refractivity contribution in [3.63, 3.8) is 0 Å². The first-order chi connectivity index (χ1) is 11.5. The summed E-state index contributed by atoms with van der Waals surface area (Å²) in [6.07, 6.45) is 0.525. The molecular formula is C18H17F2NO3. The van der Waals surface area contributed by atoms with Gasteiger partial charge in [0.25, 0.3) is 5.91 Å². The molecule has 0 saturated carbocycles. The van der Waals surface area contributed by atoms with Gasteiger partial charge in [-0.2, -0.15) is 0 Å². The van der Waals surface area contributed by atoms with Crippen molar-refractivity contribution in [1.82, 2.24) is 0 Å². The minimum atomic E-state index is -0.898. The zero-order chi connectivity index (χ0) is 17.5. The van der Waals surface area contributed by atoms with E-state index in [9.17, 15) is 18.4 Å². The molecule has 0 aliphatic rings. The smallest absolute Gasteiger partial charge is 0.313 e. The number of carbonyl (C=O) groups is 2. The molecule has 24 heavy (non-hydrogen) atoms. The fraction of sp³-hybridized carbons (Fsp3) is 0.222. The van der Waals surface area contributed by atoms with Crippen LogP contribution in [-0.2, 0) is 14.3 Å². The number of amides is 1. The van der Waals surface area contributed by atoms with Crippen LogP contribution < -0.4 is 5.32 Å². The van der Waals surface area contributed by atoms with Gasteiger partial charge in [-0.05, 0) is 24.1 Å². The number of anilines is 1. The third-order valence-corrected chi connectivity index (χ3v) is 3.45. The summed E-state index contributed by atoms with van der Waals surface area (Å²) in [7, 11) is 0. The number of hydrogen-bond donors (Lipinski definition) is 1. The van der Waals surface area contributed by atoms with E-state index in [0.717, 1.165) is 17.7 Å². The van der Waals surface area contributed by atoms with E-state index in [1.54, 1.807) is 0 Å². The van der Waals surface area contributed by atoms with Gasteiger partial charge in [0.1, 0.15) is 11.6 Å². The van der Waals surface area contributed by atoms with Gasteiger partial charge in [0.15, 0.2) is 6.61 Å². The van der Waals surface area contributed by atoms with Crippen LogP contribution in [-0.4, -0.2) is 18.5 Å². The maximum atomic E-state index is 13.5. The topological polar surface area (TPSA) is 55.4 Å². The number of benzene rings is 2. The lowest BCUT2D eigenvalue weighted by Crippen LogP contribution is -2.24. The summed E-state index contributed by atoms with van der Waals surface area (Å²) < 4.78 is 31.3. The molecule has 1 N–H and O–H groups in total. The van der Waals surface area contributed by atoms with Gasteiger partial charge in [-0.25, -0.2) is 8.78 Å². The second kappa shape index (κ2) is 8.19. The highest BCUT2D eigenvalue weighted by Crippen LogP contribution is 2.21. The molecule has 2 aromatic rings. The largest absolute Gasteiger partial charge is 0.455 e. The summed E-state index contributed by atoms with van der Waals surface area (Å²) in [4.78, 5) is 23.9. The lowest BCUT2D eigenvalue weighted by Gasteiger charge is -2.14. The fourth-order valence-corrected chi connectivity index (χ4v) is 2.24. The van der Waals surface area contributed by atoms with E-state index < -0.39 is 36.0 Å². The molecule has 1 atom stereocenters. The molecule has 0 fully saturated rings. The minimum absolute atomic E-state index is 0.174. The van der Waals surface area contributed by atoms with Crippen molar-refractivity contribution in [2.24, 2.45) is 0 Å². The summed E-state index contributed by atoms with van der Waals surface area (Å²) in [5, 5.41) is 2.23. The Balaban J connectivity index is 1.92. The highest BCUT2D eigenvalue weighted by Gasteiger charge is 2.21. The van der Waals surface area contributed by atoms with Crippen molar-refractivity contribution < 1.29 is 23.1 Å². The summed E-state index contributed by atoms with van der Waals surface area (Å²) >= 11 is 0. The SMILES string of the molecule is CC[C@H](C(=O)OCC(=O)Nc1ccc(F)cc1F)c1ccccc1. The summed E-state index contributed by atoms with van der Waals surface area (Å²) in [5.74, 6) is -3.34. The van der Waals surface area contributed by atoms with Gasteiger partial charge in [-0.3, -0.25) is 9.59 Å². The van der Waals surface area contributed by atoms with E-state index in [1.807, 2.05) is 37.3 Å². The number of rotatable bonds is 6. The molecule has 6 heteroatoms. The molecular weight excluding hydrogens is 316 g/mol. The quantitative estimate of drug-likeness (QED) is 0.821. The van der Waals surface area contributed by atoms with E-state index in [0.29, 0.717) is 12.5 Å². The number of nitrogens with one attached hydrogen (secondary N) is 1. The maximum Gasteiger partial charge on any atom is 0.313 e. The first-order valence-corrected chi connectivity index (χ1v) is 7.47. The van der Waals surface area contributed by atoms with E-state index in [4.69, 9.17) is 4.74 Å². The van der Waals surface area contributed by atoms with E-state index in [-0.39, 0.29) is 5.69 Å². The predicted molar refractivity (Wildman–Crippen MR) is 85.4 cm³/mol. The number of esters is 1. The Bertz CT molecular complexity index is 719. The molecule has 2 rings (SSSR count). The molecule has 0 heterocycles. The Morgan fingerprint density at radius 2 is 1.83 bits per heavy atom. The van der Waals surface area contributed by atoms with E-state index in [2.05, 4.69) is 5.32 Å². The number of ether oxygens (including phenoxy) is 1. The number of carbonyl (C=O) groups excluding carboxylic acids is 2. The average Bonchev–Trinajstić information content (AvgIpc) is 2.57. The zero-order valence-corrected chi connectivity index (χ0v) is 13.1. The van der Waals surface area contributed by atoms with Crippen LogP contribution in [0.3, 0.4) is 0 Å². The molecule has 0 aliphatic heterocycles. The van der Waals surface area contributed by atoms with E-state index >= 15 is 0 Å². The van der Waals surface area contributed by atoms with Crippen LogP contribution in [0.4, 0.5) is 14.5 Å². The molecule has 0 aromatic heterocycles. The van der Waals surface area contributed by atoms with Crippen LogP contribution in [0.1, 0.15) is 24.8 Å². The van der Waals surface area contributed by atoms with Crippen LogP contribution in [0.25, 0.3) is 0 Å². The minimum Gasteiger partial charge on any atom is -0.455 e. The van der Waals surface area contributed by atoms with Crippen LogP contribution in [0, 0.1) is 11.6 Å². The summed E-state index contributed by atoms with van der Waals surface area (Å²) in [6, 6.07) is 11.9. The van der Waals surface area contributed by atoms with Gasteiger partial charge >= 0.3 is 5.97 Å². The average molecular weight is 333 g/mol. The Labute approximate surface area is 138 Å². The number of hydrogen-bond acceptors (Lipinski definition) is 3. The third-order valence-electron chi connectivity index (χ3n) is 3.45. The Kier molecular flexibility index (Phi) is 6.01. The standard InChI is InChI=1S/C18H17F2NO3/c1-2-14(12-6-4-3-5-7-12)18(23)24-11-17(22)21-16-9-8-13(19)10-15(16)20/h3-10,14H,2,11H2,1H3,(H,21,22)/t14-/m0/s1. The Morgan fingerprint density at radius 3 is 2.46 bits per heavy atom. The van der Waals surface area contributed by atoms with Gasteiger partial charge in [-0.15, -0.1) is 0 Å². The lowest BCUT2D eigenvalue weighted by molar-refractivity contribution is -0.149. The van der Waals surface area contributed by atoms with Gasteiger partial charge < -0.3 is 10.1 Å². The normalized spacial score (nSPS) is 11.6. The highest BCUT2D eigenvalue weighted by atomic mass is 19.1. The molecule has 0 saturated heterocycles. The fourth-order valence-electron chi connectivity index (χ4n) is 2.24. The molecule has 0 radical (unpaired) electrons.